The van der Waals surface area contributed by atoms with Crippen molar-refractivity contribution in [2.75, 3.05) is 31.1 Å². The van der Waals surface area contributed by atoms with E-state index in [0.717, 1.165) is 23.7 Å². The molecule has 0 spiro atoms. The van der Waals surface area contributed by atoms with E-state index >= 15 is 0 Å². The van der Waals surface area contributed by atoms with Gasteiger partial charge in [-0.25, -0.2) is 0 Å². The van der Waals surface area contributed by atoms with Crippen LogP contribution < -0.4 is 20.3 Å². The maximum atomic E-state index is 5.96. The summed E-state index contributed by atoms with van der Waals surface area (Å²) in [6, 6.07) is 16.8. The van der Waals surface area contributed by atoms with E-state index < -0.39 is 0 Å². The highest BCUT2D eigenvalue weighted by Crippen LogP contribution is 2.30. The van der Waals surface area contributed by atoms with Crippen molar-refractivity contribution < 1.29 is 9.47 Å². The molecule has 2 rings (SSSR count). The third-order valence-electron chi connectivity index (χ3n) is 4.22. The molecule has 0 bridgehead atoms. The minimum Gasteiger partial charge on any atom is -0.493 e. The monoisotopic (exact) mass is 357 g/mol. The number of benzene rings is 2. The van der Waals surface area contributed by atoms with Crippen molar-refractivity contribution in [2.45, 2.75) is 39.8 Å². The fourth-order valence-corrected chi connectivity index (χ4v) is 2.90. The summed E-state index contributed by atoms with van der Waals surface area (Å²) in [6.45, 7) is 10.3. The van der Waals surface area contributed by atoms with Crippen molar-refractivity contribution in [3.8, 4) is 11.5 Å². The molecule has 26 heavy (non-hydrogen) atoms. The number of hydrazine groups is 1. The highest BCUT2D eigenvalue weighted by atomic mass is 16.5. The zero-order valence-electron chi connectivity index (χ0n) is 16.5. The molecule has 0 atom stereocenters. The van der Waals surface area contributed by atoms with Gasteiger partial charge in [-0.15, -0.1) is 0 Å². The molecule has 0 fully saturated rings. The van der Waals surface area contributed by atoms with E-state index in [4.69, 9.17) is 9.47 Å². The van der Waals surface area contributed by atoms with Gasteiger partial charge in [0.15, 0.2) is 11.5 Å². The molecule has 0 aliphatic carbocycles. The quantitative estimate of drug-likeness (QED) is 0.607. The van der Waals surface area contributed by atoms with Crippen molar-refractivity contribution in [1.82, 2.24) is 4.90 Å². The molecule has 0 heterocycles. The molecule has 0 aliphatic heterocycles. The molecule has 142 valence electrons. The number of hydrogen-bond acceptors (Lipinski definition) is 5. The molecule has 2 aromatic rings. The minimum absolute atomic E-state index is 0.496. The Labute approximate surface area is 157 Å². The van der Waals surface area contributed by atoms with Gasteiger partial charge < -0.3 is 20.3 Å². The van der Waals surface area contributed by atoms with E-state index in [1.165, 1.54) is 0 Å². The van der Waals surface area contributed by atoms with Gasteiger partial charge in [-0.3, -0.25) is 4.90 Å². The number of rotatable bonds is 10. The summed E-state index contributed by atoms with van der Waals surface area (Å²) in [6.07, 6.45) is 0. The van der Waals surface area contributed by atoms with Crippen LogP contribution in [0.25, 0.3) is 0 Å². The minimum atomic E-state index is 0.496. The van der Waals surface area contributed by atoms with Gasteiger partial charge in [0.1, 0.15) is 6.61 Å². The van der Waals surface area contributed by atoms with E-state index in [2.05, 4.69) is 43.4 Å². The molecule has 5 heteroatoms. The predicted octanol–water partition coefficient (Wildman–Crippen LogP) is 4.63. The largest absolute Gasteiger partial charge is 0.493 e. The average molecular weight is 357 g/mol. The highest BCUT2D eigenvalue weighted by Gasteiger charge is 2.13. The predicted molar refractivity (Wildman–Crippen MR) is 109 cm³/mol. The van der Waals surface area contributed by atoms with Crippen molar-refractivity contribution >= 4 is 11.4 Å². The summed E-state index contributed by atoms with van der Waals surface area (Å²) in [5.74, 6) is 1.47. The summed E-state index contributed by atoms with van der Waals surface area (Å²) in [7, 11) is 1.66. The molecule has 0 radical (unpaired) electrons. The lowest BCUT2D eigenvalue weighted by Gasteiger charge is -2.30. The molecule has 0 saturated heterocycles. The first-order valence-electron chi connectivity index (χ1n) is 9.15. The van der Waals surface area contributed by atoms with Gasteiger partial charge >= 0.3 is 0 Å². The summed E-state index contributed by atoms with van der Waals surface area (Å²) >= 11 is 0. The first-order valence-corrected chi connectivity index (χ1v) is 9.15. The first kappa shape index (κ1) is 19.9. The lowest BCUT2D eigenvalue weighted by Crippen LogP contribution is -2.39. The molecule has 5 nitrogen and oxygen atoms in total. The standard InChI is InChI=1S/C21H31N3O2/c1-16(2)24(17(3)4)13-14-26-20-12-11-19(15-21(20)25-5)23-22-18-9-7-6-8-10-18/h6-12,15-17,22-23H,13-14H2,1-5H3. The van der Waals surface area contributed by atoms with Crippen LogP contribution in [0.2, 0.25) is 0 Å². The van der Waals surface area contributed by atoms with Gasteiger partial charge in [0.05, 0.1) is 18.5 Å². The molecule has 2 aromatic carbocycles. The number of nitrogens with zero attached hydrogens (tertiary/aromatic N) is 1. The van der Waals surface area contributed by atoms with Crippen LogP contribution in [-0.4, -0.2) is 37.2 Å². The second-order valence-electron chi connectivity index (χ2n) is 6.76. The van der Waals surface area contributed by atoms with Gasteiger partial charge in [0.2, 0.25) is 0 Å². The Morgan fingerprint density at radius 1 is 0.846 bits per heavy atom. The lowest BCUT2D eigenvalue weighted by atomic mass is 10.2. The zero-order valence-corrected chi connectivity index (χ0v) is 16.5. The summed E-state index contributed by atoms with van der Waals surface area (Å²) in [4.78, 5) is 2.41. The number of nitrogens with one attached hydrogen (secondary N) is 2. The van der Waals surface area contributed by atoms with Crippen LogP contribution in [0.4, 0.5) is 11.4 Å². The molecule has 0 unspecified atom stereocenters. The van der Waals surface area contributed by atoms with Crippen molar-refractivity contribution in [3.05, 3.63) is 48.5 Å². The van der Waals surface area contributed by atoms with Gasteiger partial charge in [0.25, 0.3) is 0 Å². The van der Waals surface area contributed by atoms with Gasteiger partial charge in [-0.1, -0.05) is 18.2 Å². The first-order chi connectivity index (χ1) is 12.5. The second-order valence-corrected chi connectivity index (χ2v) is 6.76. The summed E-state index contributed by atoms with van der Waals surface area (Å²) < 4.78 is 11.4. The van der Waals surface area contributed by atoms with E-state index in [-0.39, 0.29) is 0 Å². The van der Waals surface area contributed by atoms with Crippen LogP contribution in [0.1, 0.15) is 27.7 Å². The van der Waals surface area contributed by atoms with E-state index in [1.54, 1.807) is 7.11 Å². The number of methoxy groups -OCH3 is 1. The number of ether oxygens (including phenoxy) is 2. The maximum absolute atomic E-state index is 5.96. The Morgan fingerprint density at radius 3 is 2.12 bits per heavy atom. The van der Waals surface area contributed by atoms with Crippen LogP contribution in [0.5, 0.6) is 11.5 Å². The zero-order chi connectivity index (χ0) is 18.9. The number of hydrogen-bond donors (Lipinski definition) is 2. The number of para-hydroxylation sites is 1. The van der Waals surface area contributed by atoms with E-state index in [0.29, 0.717) is 24.4 Å². The summed E-state index contributed by atoms with van der Waals surface area (Å²) in [5.41, 5.74) is 8.24. The Bertz CT molecular complexity index is 652. The van der Waals surface area contributed by atoms with Crippen LogP contribution in [-0.2, 0) is 0 Å². The Balaban J connectivity index is 1.93. The third-order valence-corrected chi connectivity index (χ3v) is 4.22. The van der Waals surface area contributed by atoms with Crippen molar-refractivity contribution in [1.29, 1.82) is 0 Å². The fourth-order valence-electron chi connectivity index (χ4n) is 2.90. The van der Waals surface area contributed by atoms with Crippen molar-refractivity contribution in [2.24, 2.45) is 0 Å². The SMILES string of the molecule is COc1cc(NNc2ccccc2)ccc1OCCN(C(C)C)C(C)C. The molecule has 2 N–H and O–H groups in total. The Kier molecular flexibility index (Phi) is 7.60. The average Bonchev–Trinajstić information content (AvgIpc) is 2.64. The van der Waals surface area contributed by atoms with Crippen LogP contribution in [0.15, 0.2) is 48.5 Å². The molecular weight excluding hydrogens is 326 g/mol. The van der Waals surface area contributed by atoms with E-state index in [9.17, 15) is 0 Å². The molecular formula is C21H31N3O2. The molecule has 0 saturated carbocycles. The van der Waals surface area contributed by atoms with Crippen molar-refractivity contribution in [3.63, 3.8) is 0 Å². The lowest BCUT2D eigenvalue weighted by molar-refractivity contribution is 0.140. The Hall–Kier alpha value is -2.40. The maximum Gasteiger partial charge on any atom is 0.162 e. The van der Waals surface area contributed by atoms with Gasteiger partial charge in [-0.05, 0) is 52.0 Å². The highest BCUT2D eigenvalue weighted by molar-refractivity contribution is 5.58. The fraction of sp³-hybridized carbons (Fsp3) is 0.429. The normalized spacial score (nSPS) is 11.1. The van der Waals surface area contributed by atoms with Crippen LogP contribution >= 0.6 is 0 Å². The second kappa shape index (κ2) is 9.92. The Morgan fingerprint density at radius 2 is 1.50 bits per heavy atom. The summed E-state index contributed by atoms with van der Waals surface area (Å²) in [5, 5.41) is 0. The van der Waals surface area contributed by atoms with Gasteiger partial charge in [-0.2, -0.15) is 0 Å². The molecule has 0 amide bonds. The smallest absolute Gasteiger partial charge is 0.162 e. The van der Waals surface area contributed by atoms with Crippen LogP contribution in [0.3, 0.4) is 0 Å². The molecule has 0 aromatic heterocycles. The van der Waals surface area contributed by atoms with Crippen LogP contribution in [0, 0.1) is 0 Å². The number of anilines is 2. The molecule has 0 aliphatic rings. The van der Waals surface area contributed by atoms with Gasteiger partial charge in [0, 0.05) is 24.7 Å². The third kappa shape index (κ3) is 5.85. The van der Waals surface area contributed by atoms with E-state index in [1.807, 2.05) is 48.5 Å². The topological polar surface area (TPSA) is 45.8 Å².